The van der Waals surface area contributed by atoms with Crippen LogP contribution in [-0.2, 0) is 19.1 Å². The second kappa shape index (κ2) is 2.20. The van der Waals surface area contributed by atoms with Crippen molar-refractivity contribution in [2.24, 2.45) is 29.6 Å². The fraction of sp³-hybridized carbons (Fsp3) is 0.818. The minimum atomic E-state index is -0.258. The third-order valence-corrected chi connectivity index (χ3v) is 4.67. The molecule has 0 bridgehead atoms. The van der Waals surface area contributed by atoms with Gasteiger partial charge in [-0.05, 0) is 18.3 Å². The molecule has 4 rings (SSSR count). The molecule has 3 aliphatic carbocycles. The summed E-state index contributed by atoms with van der Waals surface area (Å²) in [5.74, 6) is 1.88. The van der Waals surface area contributed by atoms with Gasteiger partial charge in [-0.2, -0.15) is 0 Å². The van der Waals surface area contributed by atoms with Crippen LogP contribution in [0.2, 0.25) is 0 Å². The second-order valence-electron chi connectivity index (χ2n) is 5.21. The number of hydrogen-bond acceptors (Lipinski definition) is 4. The van der Waals surface area contributed by atoms with E-state index in [-0.39, 0.29) is 30.1 Å². The smallest absolute Gasteiger partial charge is 0.309 e. The zero-order valence-corrected chi connectivity index (χ0v) is 8.38. The van der Waals surface area contributed by atoms with E-state index in [4.69, 9.17) is 9.47 Å². The first-order valence-electron chi connectivity index (χ1n) is 5.56. The van der Waals surface area contributed by atoms with Crippen molar-refractivity contribution in [3.63, 3.8) is 0 Å². The average Bonchev–Trinajstić information content (AvgIpc) is 2.49. The molecule has 4 nitrogen and oxygen atoms in total. The highest BCUT2D eigenvalue weighted by molar-refractivity contribution is 5.77. The Hall–Kier alpha value is -1.06. The van der Waals surface area contributed by atoms with Gasteiger partial charge in [0.1, 0.15) is 12.2 Å². The normalized spacial score (nSPS) is 57.7. The molecule has 0 aromatic rings. The van der Waals surface area contributed by atoms with Gasteiger partial charge in [0, 0.05) is 18.8 Å². The number of ether oxygens (including phenoxy) is 2. The number of esters is 2. The number of fused-ring (bicyclic) bond motifs is 1. The van der Waals surface area contributed by atoms with Crippen molar-refractivity contribution in [3.8, 4) is 0 Å². The lowest BCUT2D eigenvalue weighted by Gasteiger charge is -2.21. The monoisotopic (exact) mass is 208 g/mol. The van der Waals surface area contributed by atoms with E-state index in [9.17, 15) is 9.59 Å². The quantitative estimate of drug-likeness (QED) is 0.584. The van der Waals surface area contributed by atoms with E-state index in [0.717, 1.165) is 6.42 Å². The zero-order valence-electron chi connectivity index (χ0n) is 8.38. The van der Waals surface area contributed by atoms with E-state index in [0.29, 0.717) is 23.7 Å². The summed E-state index contributed by atoms with van der Waals surface area (Å²) in [6, 6.07) is 0. The maximum absolute atomic E-state index is 11.5. The van der Waals surface area contributed by atoms with Crippen LogP contribution >= 0.6 is 0 Å². The Morgan fingerprint density at radius 2 is 2.20 bits per heavy atom. The number of carbonyl (C=O) groups excluding carboxylic acids is 2. The molecule has 4 heteroatoms. The standard InChI is InChI=1S/C11H12O4/c1-3(12)14-9-7-4-2-5-8(6(4)7)10(9)15-11(5)13/h4-10H,2H2,1H3. The first-order valence-corrected chi connectivity index (χ1v) is 5.56. The molecule has 0 amide bonds. The van der Waals surface area contributed by atoms with Crippen molar-refractivity contribution in [3.05, 3.63) is 0 Å². The lowest BCUT2D eigenvalue weighted by atomic mass is 9.94. The summed E-state index contributed by atoms with van der Waals surface area (Å²) in [7, 11) is 0. The van der Waals surface area contributed by atoms with Gasteiger partial charge in [0.15, 0.2) is 0 Å². The van der Waals surface area contributed by atoms with Gasteiger partial charge in [-0.15, -0.1) is 0 Å². The fourth-order valence-corrected chi connectivity index (χ4v) is 4.31. The molecule has 0 aromatic heterocycles. The van der Waals surface area contributed by atoms with Crippen LogP contribution in [0, 0.1) is 29.6 Å². The molecule has 4 fully saturated rings. The molecule has 1 heterocycles. The maximum atomic E-state index is 11.5. The predicted molar refractivity (Wildman–Crippen MR) is 47.5 cm³/mol. The van der Waals surface area contributed by atoms with Crippen molar-refractivity contribution in [1.82, 2.24) is 0 Å². The van der Waals surface area contributed by atoms with Crippen LogP contribution in [0.1, 0.15) is 13.3 Å². The van der Waals surface area contributed by atoms with E-state index in [1.165, 1.54) is 6.92 Å². The van der Waals surface area contributed by atoms with E-state index in [2.05, 4.69) is 0 Å². The molecule has 0 spiro atoms. The number of carbonyl (C=O) groups is 2. The summed E-state index contributed by atoms with van der Waals surface area (Å²) in [6.07, 6.45) is 0.701. The molecule has 4 aliphatic rings. The van der Waals surface area contributed by atoms with Crippen molar-refractivity contribution in [2.75, 3.05) is 0 Å². The Bertz CT molecular complexity index is 377. The Balaban J connectivity index is 1.69. The molecule has 80 valence electrons. The first-order chi connectivity index (χ1) is 7.18. The molecule has 0 radical (unpaired) electrons. The number of hydrogen-bond donors (Lipinski definition) is 0. The highest BCUT2D eigenvalue weighted by Gasteiger charge is 2.78. The van der Waals surface area contributed by atoms with Crippen LogP contribution in [0.15, 0.2) is 0 Å². The summed E-state index contributed by atoms with van der Waals surface area (Å²) >= 11 is 0. The van der Waals surface area contributed by atoms with E-state index in [1.54, 1.807) is 0 Å². The Morgan fingerprint density at radius 3 is 2.93 bits per heavy atom. The van der Waals surface area contributed by atoms with Crippen LogP contribution < -0.4 is 0 Å². The summed E-state index contributed by atoms with van der Waals surface area (Å²) in [5.41, 5.74) is 0. The van der Waals surface area contributed by atoms with Gasteiger partial charge in [0.25, 0.3) is 0 Å². The Kier molecular flexibility index (Phi) is 1.19. The van der Waals surface area contributed by atoms with Crippen LogP contribution in [0.3, 0.4) is 0 Å². The third-order valence-electron chi connectivity index (χ3n) is 4.67. The summed E-state index contributed by atoms with van der Waals surface area (Å²) in [6.45, 7) is 1.42. The van der Waals surface area contributed by atoms with Gasteiger partial charge in [-0.1, -0.05) is 0 Å². The summed E-state index contributed by atoms with van der Waals surface area (Å²) in [4.78, 5) is 22.5. The lowest BCUT2D eigenvalue weighted by Crippen LogP contribution is -2.32. The molecule has 7 unspecified atom stereocenters. The maximum Gasteiger partial charge on any atom is 0.309 e. The molecule has 0 N–H and O–H groups in total. The molecule has 15 heavy (non-hydrogen) atoms. The van der Waals surface area contributed by atoms with E-state index in [1.807, 2.05) is 0 Å². The van der Waals surface area contributed by atoms with Crippen molar-refractivity contribution < 1.29 is 19.1 Å². The molecular weight excluding hydrogens is 196 g/mol. The highest BCUT2D eigenvalue weighted by atomic mass is 16.6. The molecule has 1 aliphatic heterocycles. The Labute approximate surface area is 86.9 Å². The molecular formula is C11H12O4. The molecule has 0 aromatic carbocycles. The second-order valence-corrected chi connectivity index (χ2v) is 5.21. The Morgan fingerprint density at radius 1 is 1.40 bits per heavy atom. The molecule has 1 saturated heterocycles. The number of rotatable bonds is 1. The van der Waals surface area contributed by atoms with Gasteiger partial charge >= 0.3 is 11.9 Å². The zero-order chi connectivity index (χ0) is 10.3. The summed E-state index contributed by atoms with van der Waals surface area (Å²) in [5, 5.41) is 0. The average molecular weight is 208 g/mol. The largest absolute Gasteiger partial charge is 0.458 e. The fourth-order valence-electron chi connectivity index (χ4n) is 4.31. The summed E-state index contributed by atoms with van der Waals surface area (Å²) < 4.78 is 10.6. The van der Waals surface area contributed by atoms with Gasteiger partial charge < -0.3 is 9.47 Å². The van der Waals surface area contributed by atoms with Gasteiger partial charge in [0.05, 0.1) is 5.92 Å². The molecule has 3 saturated carbocycles. The third kappa shape index (κ3) is 0.767. The van der Waals surface area contributed by atoms with Crippen molar-refractivity contribution in [1.29, 1.82) is 0 Å². The topological polar surface area (TPSA) is 52.6 Å². The van der Waals surface area contributed by atoms with Gasteiger partial charge in [-0.3, -0.25) is 9.59 Å². The molecule has 7 atom stereocenters. The van der Waals surface area contributed by atoms with Crippen molar-refractivity contribution >= 4 is 11.9 Å². The van der Waals surface area contributed by atoms with Gasteiger partial charge in [0.2, 0.25) is 0 Å². The first kappa shape index (κ1) is 8.13. The van der Waals surface area contributed by atoms with Crippen LogP contribution in [0.25, 0.3) is 0 Å². The minimum absolute atomic E-state index is 0.0622. The van der Waals surface area contributed by atoms with Crippen LogP contribution in [0.5, 0.6) is 0 Å². The van der Waals surface area contributed by atoms with Crippen molar-refractivity contribution in [2.45, 2.75) is 25.6 Å². The van der Waals surface area contributed by atoms with Crippen LogP contribution in [0.4, 0.5) is 0 Å². The van der Waals surface area contributed by atoms with E-state index >= 15 is 0 Å². The van der Waals surface area contributed by atoms with Crippen LogP contribution in [-0.4, -0.2) is 24.1 Å². The van der Waals surface area contributed by atoms with Gasteiger partial charge in [-0.25, -0.2) is 0 Å². The SMILES string of the molecule is CC(=O)OC1C2OC(=O)C3CC4C1C4C32. The predicted octanol–water partition coefficient (Wildman–Crippen LogP) is 0.355. The highest BCUT2D eigenvalue weighted by Crippen LogP contribution is 2.73. The van der Waals surface area contributed by atoms with E-state index < -0.39 is 0 Å². The lowest BCUT2D eigenvalue weighted by molar-refractivity contribution is -0.162. The minimum Gasteiger partial charge on any atom is -0.458 e.